The van der Waals surface area contributed by atoms with E-state index in [1.807, 2.05) is 44.3 Å². The number of imidazole rings is 1. The molecule has 0 aliphatic heterocycles. The minimum absolute atomic E-state index is 0.0410. The number of carbonyl (C=O) groups is 1. The summed E-state index contributed by atoms with van der Waals surface area (Å²) in [5, 5.41) is 0.663. The molecule has 0 aliphatic carbocycles. The summed E-state index contributed by atoms with van der Waals surface area (Å²) < 4.78 is 1.74. The third kappa shape index (κ3) is 3.35. The predicted molar refractivity (Wildman–Crippen MR) is 89.4 cm³/mol. The van der Waals surface area contributed by atoms with Crippen molar-refractivity contribution in [3.63, 3.8) is 0 Å². The Morgan fingerprint density at radius 2 is 2.17 bits per heavy atom. The van der Waals surface area contributed by atoms with E-state index in [0.717, 1.165) is 5.56 Å². The maximum atomic E-state index is 12.8. The van der Waals surface area contributed by atoms with Crippen molar-refractivity contribution in [2.24, 2.45) is 0 Å². The van der Waals surface area contributed by atoms with Gasteiger partial charge in [-0.05, 0) is 37.6 Å². The third-order valence-electron chi connectivity index (χ3n) is 3.58. The normalized spacial score (nSPS) is 11.1. The zero-order chi connectivity index (χ0) is 16.4. The van der Waals surface area contributed by atoms with E-state index in [1.54, 1.807) is 27.8 Å². The molecule has 23 heavy (non-hydrogen) atoms. The molecule has 118 valence electrons. The number of hydrogen-bond donors (Lipinski definition) is 0. The third-order valence-corrected chi connectivity index (χ3v) is 3.82. The van der Waals surface area contributed by atoms with E-state index in [4.69, 9.17) is 11.6 Å². The van der Waals surface area contributed by atoms with Crippen LogP contribution in [0.2, 0.25) is 5.02 Å². The number of rotatable bonds is 4. The topological polar surface area (TPSA) is 50.5 Å². The van der Waals surface area contributed by atoms with Crippen molar-refractivity contribution >= 4 is 23.3 Å². The van der Waals surface area contributed by atoms with Crippen LogP contribution >= 0.6 is 11.6 Å². The lowest BCUT2D eigenvalue weighted by molar-refractivity contribution is 0.0685. The molecule has 0 saturated heterocycles. The second-order valence-electron chi connectivity index (χ2n) is 5.61. The van der Waals surface area contributed by atoms with Gasteiger partial charge in [-0.3, -0.25) is 9.20 Å². The number of aromatic nitrogens is 3. The van der Waals surface area contributed by atoms with Crippen LogP contribution in [0.25, 0.3) is 5.78 Å². The van der Waals surface area contributed by atoms with Gasteiger partial charge < -0.3 is 4.90 Å². The van der Waals surface area contributed by atoms with Crippen LogP contribution in [0.4, 0.5) is 0 Å². The second-order valence-corrected chi connectivity index (χ2v) is 6.05. The number of halogens is 1. The van der Waals surface area contributed by atoms with E-state index in [0.29, 0.717) is 23.0 Å². The summed E-state index contributed by atoms with van der Waals surface area (Å²) in [5.74, 6) is 0.396. The van der Waals surface area contributed by atoms with Crippen LogP contribution in [0.1, 0.15) is 29.9 Å². The van der Waals surface area contributed by atoms with Crippen molar-refractivity contribution < 1.29 is 4.79 Å². The zero-order valence-corrected chi connectivity index (χ0v) is 13.7. The van der Waals surface area contributed by atoms with Crippen molar-refractivity contribution in [2.45, 2.75) is 26.4 Å². The van der Waals surface area contributed by atoms with Gasteiger partial charge in [0.25, 0.3) is 5.91 Å². The smallest absolute Gasteiger partial charge is 0.274 e. The van der Waals surface area contributed by atoms with E-state index >= 15 is 0 Å². The molecular formula is C17H17ClN4O. The fourth-order valence-electron chi connectivity index (χ4n) is 2.40. The van der Waals surface area contributed by atoms with Crippen molar-refractivity contribution in [1.82, 2.24) is 19.3 Å². The number of carbonyl (C=O) groups excluding carboxylic acids is 1. The molecule has 0 atom stereocenters. The number of benzene rings is 1. The molecule has 0 bridgehead atoms. The minimum atomic E-state index is -0.120. The molecule has 3 rings (SSSR count). The Balaban J connectivity index is 1.89. The molecule has 0 spiro atoms. The van der Waals surface area contributed by atoms with Crippen LogP contribution in [0.15, 0.2) is 48.9 Å². The first-order valence-electron chi connectivity index (χ1n) is 7.40. The average Bonchev–Trinajstić information content (AvgIpc) is 2.96. The highest BCUT2D eigenvalue weighted by Gasteiger charge is 2.22. The maximum Gasteiger partial charge on any atom is 0.274 e. The quantitative estimate of drug-likeness (QED) is 0.737. The Bertz CT molecular complexity index is 810. The highest BCUT2D eigenvalue weighted by molar-refractivity contribution is 6.30. The van der Waals surface area contributed by atoms with Gasteiger partial charge in [-0.1, -0.05) is 23.7 Å². The van der Waals surface area contributed by atoms with Crippen LogP contribution in [0.3, 0.4) is 0 Å². The lowest BCUT2D eigenvalue weighted by atomic mass is 10.2. The summed E-state index contributed by atoms with van der Waals surface area (Å²) in [6.07, 6.45) is 5.18. The second kappa shape index (κ2) is 6.38. The number of hydrogen-bond acceptors (Lipinski definition) is 3. The summed E-state index contributed by atoms with van der Waals surface area (Å²) in [6, 6.07) is 9.37. The van der Waals surface area contributed by atoms with Crippen LogP contribution in [0.5, 0.6) is 0 Å². The summed E-state index contributed by atoms with van der Waals surface area (Å²) in [5.41, 5.74) is 1.38. The van der Waals surface area contributed by atoms with Crippen molar-refractivity contribution in [1.29, 1.82) is 0 Å². The van der Waals surface area contributed by atoms with Crippen LogP contribution < -0.4 is 0 Å². The first-order chi connectivity index (χ1) is 11.0. The van der Waals surface area contributed by atoms with Gasteiger partial charge in [-0.15, -0.1) is 0 Å². The van der Waals surface area contributed by atoms with E-state index < -0.39 is 0 Å². The van der Waals surface area contributed by atoms with E-state index in [1.165, 1.54) is 0 Å². The fourth-order valence-corrected chi connectivity index (χ4v) is 2.61. The van der Waals surface area contributed by atoms with Gasteiger partial charge in [0.2, 0.25) is 5.78 Å². The van der Waals surface area contributed by atoms with Gasteiger partial charge in [0, 0.05) is 36.2 Å². The summed E-state index contributed by atoms with van der Waals surface area (Å²) >= 11 is 6.03. The monoisotopic (exact) mass is 328 g/mol. The lowest BCUT2D eigenvalue weighted by Crippen LogP contribution is -2.36. The van der Waals surface area contributed by atoms with Gasteiger partial charge in [0.05, 0.1) is 0 Å². The fraction of sp³-hybridized carbons (Fsp3) is 0.235. The summed E-state index contributed by atoms with van der Waals surface area (Å²) in [7, 11) is 0. The predicted octanol–water partition coefficient (Wildman–Crippen LogP) is 3.43. The van der Waals surface area contributed by atoms with Gasteiger partial charge >= 0.3 is 0 Å². The van der Waals surface area contributed by atoms with E-state index in [2.05, 4.69) is 9.97 Å². The molecule has 0 unspecified atom stereocenters. The van der Waals surface area contributed by atoms with Gasteiger partial charge in [-0.2, -0.15) is 0 Å². The molecule has 3 aromatic rings. The van der Waals surface area contributed by atoms with Crippen LogP contribution in [-0.4, -0.2) is 31.2 Å². The first kappa shape index (κ1) is 15.5. The molecule has 0 fully saturated rings. The molecule has 2 heterocycles. The largest absolute Gasteiger partial charge is 0.331 e. The van der Waals surface area contributed by atoms with E-state index in [-0.39, 0.29) is 11.9 Å². The van der Waals surface area contributed by atoms with Crippen LogP contribution in [0, 0.1) is 0 Å². The van der Waals surface area contributed by atoms with Crippen LogP contribution in [-0.2, 0) is 6.54 Å². The highest BCUT2D eigenvalue weighted by Crippen LogP contribution is 2.16. The van der Waals surface area contributed by atoms with Gasteiger partial charge in [-0.25, -0.2) is 9.97 Å². The van der Waals surface area contributed by atoms with Gasteiger partial charge in [0.15, 0.2) is 0 Å². The molecule has 2 aromatic heterocycles. The van der Waals surface area contributed by atoms with Gasteiger partial charge in [0.1, 0.15) is 5.69 Å². The molecule has 5 nitrogen and oxygen atoms in total. The average molecular weight is 329 g/mol. The van der Waals surface area contributed by atoms with E-state index in [9.17, 15) is 4.79 Å². The molecular weight excluding hydrogens is 312 g/mol. The number of nitrogens with zero attached hydrogens (tertiary/aromatic N) is 4. The minimum Gasteiger partial charge on any atom is -0.331 e. The van der Waals surface area contributed by atoms with Crippen molar-refractivity contribution in [3.8, 4) is 0 Å². The number of amides is 1. The van der Waals surface area contributed by atoms with Crippen molar-refractivity contribution in [2.75, 3.05) is 0 Å². The van der Waals surface area contributed by atoms with Crippen molar-refractivity contribution in [3.05, 3.63) is 65.2 Å². The highest BCUT2D eigenvalue weighted by atomic mass is 35.5. The standard InChI is InChI=1S/C17H17ClN4O/c1-12(2)22(10-13-5-3-6-14(18)9-13)16(23)15-11-21-8-4-7-19-17(21)20-15/h3-9,11-12H,10H2,1-2H3. The number of fused-ring (bicyclic) bond motifs is 1. The Hall–Kier alpha value is -2.40. The summed E-state index contributed by atoms with van der Waals surface area (Å²) in [6.45, 7) is 4.45. The molecule has 0 radical (unpaired) electrons. The zero-order valence-electron chi connectivity index (χ0n) is 13.0. The Labute approximate surface area is 139 Å². The molecule has 0 saturated carbocycles. The molecule has 1 amide bonds. The Morgan fingerprint density at radius 3 is 2.87 bits per heavy atom. The lowest BCUT2D eigenvalue weighted by Gasteiger charge is -2.26. The summed E-state index contributed by atoms with van der Waals surface area (Å²) in [4.78, 5) is 23.1. The molecule has 0 N–H and O–H groups in total. The first-order valence-corrected chi connectivity index (χ1v) is 7.77. The Morgan fingerprint density at radius 1 is 1.35 bits per heavy atom. The SMILES string of the molecule is CC(C)N(Cc1cccc(Cl)c1)C(=O)c1cn2cccnc2n1. The Kier molecular flexibility index (Phi) is 4.30. The maximum absolute atomic E-state index is 12.8. The molecule has 1 aromatic carbocycles. The molecule has 6 heteroatoms. The molecule has 0 aliphatic rings.